The molecule has 1 aromatic heterocycles. The fraction of sp³-hybridized carbons (Fsp3) is 0.688. The molecule has 0 amide bonds. The Bertz CT molecular complexity index is 510. The van der Waals surface area contributed by atoms with Gasteiger partial charge in [-0.05, 0) is 52.2 Å². The monoisotopic (exact) mass is 384 g/mol. The van der Waals surface area contributed by atoms with Gasteiger partial charge in [-0.2, -0.15) is 0 Å². The van der Waals surface area contributed by atoms with Crippen LogP contribution in [0.2, 0.25) is 0 Å². The maximum absolute atomic E-state index is 4.36. The molecule has 1 aliphatic carbocycles. The second kappa shape index (κ2) is 7.79. The smallest absolute Gasteiger partial charge is 0.191 e. The Morgan fingerprint density at radius 3 is 2.91 bits per heavy atom. The van der Waals surface area contributed by atoms with Gasteiger partial charge in [-0.15, -0.1) is 11.3 Å². The van der Waals surface area contributed by atoms with E-state index in [9.17, 15) is 0 Å². The third-order valence-electron chi connectivity index (χ3n) is 4.71. The third-order valence-corrected chi connectivity index (χ3v) is 6.26. The first-order valence-electron chi connectivity index (χ1n) is 8.19. The summed E-state index contributed by atoms with van der Waals surface area (Å²) >= 11 is 5.23. The van der Waals surface area contributed by atoms with Gasteiger partial charge in [-0.25, -0.2) is 0 Å². The third kappa shape index (κ3) is 4.24. The van der Waals surface area contributed by atoms with E-state index in [0.29, 0.717) is 6.04 Å². The van der Waals surface area contributed by atoms with E-state index in [0.717, 1.165) is 25.1 Å². The van der Waals surface area contributed by atoms with E-state index in [4.69, 9.17) is 0 Å². The first-order valence-corrected chi connectivity index (χ1v) is 9.86. The lowest BCUT2D eigenvalue weighted by molar-refractivity contribution is 0.242. The average Bonchev–Trinajstić information content (AvgIpc) is 3.24. The van der Waals surface area contributed by atoms with E-state index in [1.54, 1.807) is 11.3 Å². The highest BCUT2D eigenvalue weighted by atomic mass is 79.9. The number of nitrogens with zero attached hydrogens (tertiary/aromatic N) is 2. The lowest BCUT2D eigenvalue weighted by atomic mass is 10.2. The van der Waals surface area contributed by atoms with Gasteiger partial charge in [0.25, 0.3) is 0 Å². The summed E-state index contributed by atoms with van der Waals surface area (Å²) in [6.45, 7) is 3.22. The van der Waals surface area contributed by atoms with Gasteiger partial charge in [0.2, 0.25) is 0 Å². The number of hydrogen-bond acceptors (Lipinski definition) is 3. The summed E-state index contributed by atoms with van der Waals surface area (Å²) in [5.74, 6) is 0.917. The van der Waals surface area contributed by atoms with Gasteiger partial charge in [0.05, 0.1) is 3.79 Å². The quantitative estimate of drug-likeness (QED) is 0.618. The topological polar surface area (TPSA) is 39.7 Å². The Kier molecular flexibility index (Phi) is 5.77. The number of nitrogens with one attached hydrogen (secondary N) is 2. The molecule has 1 aliphatic heterocycles. The van der Waals surface area contributed by atoms with E-state index in [1.165, 1.54) is 48.0 Å². The van der Waals surface area contributed by atoms with E-state index < -0.39 is 0 Å². The Hall–Kier alpha value is -0.590. The van der Waals surface area contributed by atoms with Crippen LogP contribution in [0.5, 0.6) is 0 Å². The number of thiophene rings is 1. The van der Waals surface area contributed by atoms with Crippen LogP contribution in [-0.2, 0) is 6.54 Å². The molecular formula is C16H25BrN4S. The van der Waals surface area contributed by atoms with Crippen molar-refractivity contribution in [3.8, 4) is 0 Å². The molecule has 1 aromatic rings. The number of guanidine groups is 1. The Balaban J connectivity index is 1.44. The molecule has 1 atom stereocenters. The van der Waals surface area contributed by atoms with Crippen molar-refractivity contribution in [1.82, 2.24) is 15.5 Å². The summed E-state index contributed by atoms with van der Waals surface area (Å²) in [6.07, 6.45) is 6.85. The van der Waals surface area contributed by atoms with Crippen LogP contribution in [0.3, 0.4) is 0 Å². The zero-order valence-corrected chi connectivity index (χ0v) is 15.5. The molecule has 6 heteroatoms. The first-order chi connectivity index (χ1) is 10.7. The molecule has 0 aromatic carbocycles. The molecule has 1 unspecified atom stereocenters. The van der Waals surface area contributed by atoms with Crippen LogP contribution in [0.1, 0.15) is 37.7 Å². The summed E-state index contributed by atoms with van der Waals surface area (Å²) in [6, 6.07) is 3.52. The molecule has 1 saturated heterocycles. The van der Waals surface area contributed by atoms with Gasteiger partial charge in [0.15, 0.2) is 5.96 Å². The normalized spacial score (nSPS) is 24.1. The van der Waals surface area contributed by atoms with Crippen LogP contribution in [0.4, 0.5) is 0 Å². The molecular weight excluding hydrogens is 360 g/mol. The average molecular weight is 385 g/mol. The number of likely N-dealkylation sites (tertiary alicyclic amines) is 1. The Morgan fingerprint density at radius 2 is 2.23 bits per heavy atom. The van der Waals surface area contributed by atoms with Gasteiger partial charge in [-0.3, -0.25) is 9.89 Å². The standard InChI is InChI=1S/C16H25BrN4S/c1-18-16(19-9-12-8-15(17)22-11-12)20-13-6-7-21(10-13)14-4-2-3-5-14/h8,11,13-14H,2-7,9-10H2,1H3,(H2,18,19,20). The highest BCUT2D eigenvalue weighted by Crippen LogP contribution is 2.26. The second-order valence-electron chi connectivity index (χ2n) is 6.25. The molecule has 3 rings (SSSR count). The van der Waals surface area contributed by atoms with Crippen molar-refractivity contribution in [2.45, 2.75) is 50.7 Å². The number of halogens is 1. The minimum atomic E-state index is 0.529. The summed E-state index contributed by atoms with van der Waals surface area (Å²) in [5, 5.41) is 9.17. The lowest BCUT2D eigenvalue weighted by Crippen LogP contribution is -2.45. The molecule has 2 N–H and O–H groups in total. The number of hydrogen-bond donors (Lipinski definition) is 2. The van der Waals surface area contributed by atoms with Crippen LogP contribution in [-0.4, -0.2) is 43.1 Å². The van der Waals surface area contributed by atoms with Crippen molar-refractivity contribution in [3.05, 3.63) is 20.8 Å². The fourth-order valence-electron chi connectivity index (χ4n) is 3.52. The van der Waals surface area contributed by atoms with E-state index in [-0.39, 0.29) is 0 Å². The fourth-order valence-corrected chi connectivity index (χ4v) is 4.73. The van der Waals surface area contributed by atoms with Gasteiger partial charge >= 0.3 is 0 Å². The molecule has 2 fully saturated rings. The number of aliphatic imine (C=N–C) groups is 1. The van der Waals surface area contributed by atoms with Crippen molar-refractivity contribution in [2.75, 3.05) is 20.1 Å². The van der Waals surface area contributed by atoms with Gasteiger partial charge < -0.3 is 10.6 Å². The van der Waals surface area contributed by atoms with Crippen molar-refractivity contribution >= 4 is 33.2 Å². The minimum absolute atomic E-state index is 0.529. The van der Waals surface area contributed by atoms with Gasteiger partial charge in [0, 0.05) is 38.8 Å². The maximum Gasteiger partial charge on any atom is 0.191 e. The number of rotatable bonds is 4. The Morgan fingerprint density at radius 1 is 1.41 bits per heavy atom. The second-order valence-corrected chi connectivity index (χ2v) is 8.54. The zero-order chi connectivity index (χ0) is 15.4. The van der Waals surface area contributed by atoms with Crippen LogP contribution in [0, 0.1) is 0 Å². The Labute approximate surface area is 145 Å². The SMILES string of the molecule is CN=C(NCc1csc(Br)c1)NC1CCN(C2CCCC2)C1. The molecule has 22 heavy (non-hydrogen) atoms. The van der Waals surface area contributed by atoms with Gasteiger partial charge in [-0.1, -0.05) is 12.8 Å². The van der Waals surface area contributed by atoms with Crippen molar-refractivity contribution in [2.24, 2.45) is 4.99 Å². The van der Waals surface area contributed by atoms with E-state index >= 15 is 0 Å². The molecule has 0 spiro atoms. The van der Waals surface area contributed by atoms with Crippen molar-refractivity contribution in [1.29, 1.82) is 0 Å². The lowest BCUT2D eigenvalue weighted by Gasteiger charge is -2.24. The van der Waals surface area contributed by atoms with E-state index in [2.05, 4.69) is 47.9 Å². The molecule has 4 nitrogen and oxygen atoms in total. The molecule has 2 aliphatic rings. The van der Waals surface area contributed by atoms with Crippen molar-refractivity contribution in [3.63, 3.8) is 0 Å². The predicted molar refractivity (Wildman–Crippen MR) is 97.6 cm³/mol. The van der Waals surface area contributed by atoms with Gasteiger partial charge in [0.1, 0.15) is 0 Å². The van der Waals surface area contributed by atoms with Crippen molar-refractivity contribution < 1.29 is 0 Å². The molecule has 1 saturated carbocycles. The summed E-state index contributed by atoms with van der Waals surface area (Å²) < 4.78 is 1.18. The first kappa shape index (κ1) is 16.3. The molecule has 0 bridgehead atoms. The van der Waals surface area contributed by atoms with Crippen LogP contribution >= 0.6 is 27.3 Å². The van der Waals surface area contributed by atoms with Crippen LogP contribution in [0.15, 0.2) is 20.2 Å². The molecule has 122 valence electrons. The maximum atomic E-state index is 4.36. The molecule has 2 heterocycles. The predicted octanol–water partition coefficient (Wildman–Crippen LogP) is 3.19. The summed E-state index contributed by atoms with van der Waals surface area (Å²) in [4.78, 5) is 7.04. The highest BCUT2D eigenvalue weighted by molar-refractivity contribution is 9.11. The highest BCUT2D eigenvalue weighted by Gasteiger charge is 2.30. The van der Waals surface area contributed by atoms with Crippen LogP contribution < -0.4 is 10.6 Å². The van der Waals surface area contributed by atoms with E-state index in [1.807, 2.05) is 7.05 Å². The minimum Gasteiger partial charge on any atom is -0.352 e. The summed E-state index contributed by atoms with van der Waals surface area (Å²) in [5.41, 5.74) is 1.29. The molecule has 0 radical (unpaired) electrons. The summed E-state index contributed by atoms with van der Waals surface area (Å²) in [7, 11) is 1.85. The largest absolute Gasteiger partial charge is 0.352 e. The van der Waals surface area contributed by atoms with Crippen LogP contribution in [0.25, 0.3) is 0 Å². The zero-order valence-electron chi connectivity index (χ0n) is 13.1.